The van der Waals surface area contributed by atoms with E-state index < -0.39 is 45.3 Å². The summed E-state index contributed by atoms with van der Waals surface area (Å²) in [5.41, 5.74) is 3.07. The summed E-state index contributed by atoms with van der Waals surface area (Å²) in [6.45, 7) is 0.681. The Hall–Kier alpha value is -2.78. The van der Waals surface area contributed by atoms with Gasteiger partial charge < -0.3 is 10.1 Å². The van der Waals surface area contributed by atoms with Crippen molar-refractivity contribution >= 4 is 27.6 Å². The number of carbonyl (C=O) groups excluding carboxylic acids is 2. The monoisotopic (exact) mass is 420 g/mol. The topological polar surface area (TPSA) is 102 Å². The van der Waals surface area contributed by atoms with Crippen LogP contribution in [-0.2, 0) is 37.2 Å². The summed E-state index contributed by atoms with van der Waals surface area (Å²) < 4.78 is 45.0. The lowest BCUT2D eigenvalue weighted by molar-refractivity contribution is -0.148. The van der Waals surface area contributed by atoms with Crippen LogP contribution in [0.5, 0.6) is 0 Å². The van der Waals surface area contributed by atoms with Gasteiger partial charge in [-0.2, -0.15) is 4.72 Å². The molecule has 2 aromatic carbocycles. The molecular weight excluding hydrogens is 399 g/mol. The Morgan fingerprint density at radius 2 is 1.86 bits per heavy atom. The fraction of sp³-hybridized carbons (Fsp3) is 0.300. The summed E-state index contributed by atoms with van der Waals surface area (Å²) >= 11 is 0. The Labute approximate surface area is 168 Å². The standard InChI is InChI=1S/C20H21FN2O5S/c1-13(23-29(26,27)18-8-3-2-7-17(18)21)20(25)28-12-19(24)22-16-10-9-14-5-4-6-15(14)11-16/h2-3,7-11,13,23H,4-6,12H2,1H3,(H,22,24)/t13-/m0/s1. The average molecular weight is 420 g/mol. The highest BCUT2D eigenvalue weighted by molar-refractivity contribution is 7.89. The van der Waals surface area contributed by atoms with Crippen molar-refractivity contribution in [2.45, 2.75) is 37.1 Å². The first-order valence-electron chi connectivity index (χ1n) is 9.11. The first-order valence-corrected chi connectivity index (χ1v) is 10.6. The summed E-state index contributed by atoms with van der Waals surface area (Å²) in [5, 5.41) is 2.64. The molecular formula is C20H21FN2O5S. The number of nitrogens with one attached hydrogen (secondary N) is 2. The smallest absolute Gasteiger partial charge is 0.324 e. The van der Waals surface area contributed by atoms with E-state index in [0.717, 1.165) is 31.4 Å². The van der Waals surface area contributed by atoms with Gasteiger partial charge in [-0.25, -0.2) is 12.8 Å². The molecule has 0 heterocycles. The Bertz CT molecular complexity index is 1040. The highest BCUT2D eigenvalue weighted by Crippen LogP contribution is 2.24. The molecule has 0 unspecified atom stereocenters. The maximum absolute atomic E-state index is 13.7. The van der Waals surface area contributed by atoms with Crippen molar-refractivity contribution in [2.24, 2.45) is 0 Å². The molecule has 0 bridgehead atoms. The molecule has 1 amide bonds. The molecule has 0 aliphatic heterocycles. The molecule has 0 aromatic heterocycles. The van der Waals surface area contributed by atoms with E-state index in [0.29, 0.717) is 5.69 Å². The minimum atomic E-state index is -4.25. The van der Waals surface area contributed by atoms with Gasteiger partial charge in [0.25, 0.3) is 5.91 Å². The molecule has 0 saturated carbocycles. The fourth-order valence-corrected chi connectivity index (χ4v) is 4.39. The second-order valence-corrected chi connectivity index (χ2v) is 8.45. The van der Waals surface area contributed by atoms with Crippen molar-refractivity contribution in [3.63, 3.8) is 0 Å². The van der Waals surface area contributed by atoms with E-state index in [9.17, 15) is 22.4 Å². The van der Waals surface area contributed by atoms with E-state index in [2.05, 4.69) is 5.32 Å². The third-order valence-electron chi connectivity index (χ3n) is 4.54. The maximum Gasteiger partial charge on any atom is 0.324 e. The van der Waals surface area contributed by atoms with Gasteiger partial charge in [-0.05, 0) is 61.6 Å². The number of esters is 1. The van der Waals surface area contributed by atoms with Gasteiger partial charge in [-0.1, -0.05) is 18.2 Å². The molecule has 1 aliphatic rings. The number of benzene rings is 2. The van der Waals surface area contributed by atoms with Gasteiger partial charge in [-0.3, -0.25) is 9.59 Å². The average Bonchev–Trinajstić information content (AvgIpc) is 3.13. The van der Waals surface area contributed by atoms with Crippen LogP contribution in [0.3, 0.4) is 0 Å². The van der Waals surface area contributed by atoms with Crippen LogP contribution in [0.25, 0.3) is 0 Å². The zero-order chi connectivity index (χ0) is 21.0. The van der Waals surface area contributed by atoms with Gasteiger partial charge in [0.05, 0.1) is 0 Å². The van der Waals surface area contributed by atoms with Gasteiger partial charge >= 0.3 is 5.97 Å². The lowest BCUT2D eigenvalue weighted by Crippen LogP contribution is -2.40. The molecule has 2 N–H and O–H groups in total. The molecule has 0 fully saturated rings. The number of anilines is 1. The van der Waals surface area contributed by atoms with E-state index in [1.807, 2.05) is 16.9 Å². The minimum absolute atomic E-state index is 0.541. The van der Waals surface area contributed by atoms with Crippen LogP contribution in [0.1, 0.15) is 24.5 Å². The lowest BCUT2D eigenvalue weighted by atomic mass is 10.1. The number of carbonyl (C=O) groups is 2. The largest absolute Gasteiger partial charge is 0.454 e. The number of hydrogen-bond donors (Lipinski definition) is 2. The predicted octanol–water partition coefficient (Wildman–Crippen LogP) is 2.16. The van der Waals surface area contributed by atoms with E-state index in [1.165, 1.54) is 30.2 Å². The van der Waals surface area contributed by atoms with Crippen LogP contribution in [0.4, 0.5) is 10.1 Å². The fourth-order valence-electron chi connectivity index (χ4n) is 3.12. The molecule has 2 aromatic rings. The summed E-state index contributed by atoms with van der Waals surface area (Å²) in [4.78, 5) is 23.5. The number of sulfonamides is 1. The molecule has 7 nitrogen and oxygen atoms in total. The van der Waals surface area contributed by atoms with Crippen molar-refractivity contribution in [3.05, 3.63) is 59.4 Å². The number of aryl methyl sites for hydroxylation is 2. The normalized spacial score (nSPS) is 14.1. The molecule has 0 radical (unpaired) electrons. The molecule has 154 valence electrons. The number of rotatable bonds is 7. The lowest BCUT2D eigenvalue weighted by Gasteiger charge is -2.14. The number of amides is 1. The SMILES string of the molecule is C[C@H](NS(=O)(=O)c1ccccc1F)C(=O)OCC(=O)Nc1ccc2c(c1)CCC2. The second kappa shape index (κ2) is 8.71. The second-order valence-electron chi connectivity index (χ2n) is 6.77. The number of hydrogen-bond acceptors (Lipinski definition) is 5. The van der Waals surface area contributed by atoms with Crippen LogP contribution in [0.15, 0.2) is 47.4 Å². The summed E-state index contributed by atoms with van der Waals surface area (Å²) in [5.74, 6) is -2.43. The molecule has 29 heavy (non-hydrogen) atoms. The highest BCUT2D eigenvalue weighted by atomic mass is 32.2. The van der Waals surface area contributed by atoms with Gasteiger partial charge in [0.1, 0.15) is 16.8 Å². The third kappa shape index (κ3) is 5.18. The van der Waals surface area contributed by atoms with E-state index in [-0.39, 0.29) is 0 Å². The van der Waals surface area contributed by atoms with Crippen molar-refractivity contribution < 1.29 is 27.1 Å². The molecule has 9 heteroatoms. The summed E-state index contributed by atoms with van der Waals surface area (Å²) in [6, 6.07) is 9.15. The highest BCUT2D eigenvalue weighted by Gasteiger charge is 2.25. The van der Waals surface area contributed by atoms with E-state index in [1.54, 1.807) is 6.07 Å². The van der Waals surface area contributed by atoms with Crippen molar-refractivity contribution in [3.8, 4) is 0 Å². The molecule has 3 rings (SSSR count). The van der Waals surface area contributed by atoms with Crippen LogP contribution in [0, 0.1) is 5.82 Å². The molecule has 0 spiro atoms. The number of fused-ring (bicyclic) bond motifs is 1. The predicted molar refractivity (Wildman–Crippen MR) is 104 cm³/mol. The van der Waals surface area contributed by atoms with Gasteiger partial charge in [-0.15, -0.1) is 0 Å². The Kier molecular flexibility index (Phi) is 6.29. The van der Waals surface area contributed by atoms with Crippen LogP contribution >= 0.6 is 0 Å². The Morgan fingerprint density at radius 1 is 1.14 bits per heavy atom. The van der Waals surface area contributed by atoms with Gasteiger partial charge in [0.15, 0.2) is 6.61 Å². The third-order valence-corrected chi connectivity index (χ3v) is 6.11. The number of halogens is 1. The Balaban J connectivity index is 1.52. The van der Waals surface area contributed by atoms with Crippen LogP contribution in [-0.4, -0.2) is 32.9 Å². The maximum atomic E-state index is 13.7. The quantitative estimate of drug-likeness (QED) is 0.669. The van der Waals surface area contributed by atoms with E-state index >= 15 is 0 Å². The van der Waals surface area contributed by atoms with Crippen LogP contribution in [0.2, 0.25) is 0 Å². The zero-order valence-electron chi connectivity index (χ0n) is 15.8. The van der Waals surface area contributed by atoms with Crippen molar-refractivity contribution in [1.82, 2.24) is 4.72 Å². The Morgan fingerprint density at radius 3 is 2.62 bits per heavy atom. The zero-order valence-corrected chi connectivity index (χ0v) is 16.6. The molecule has 0 saturated heterocycles. The first kappa shape index (κ1) is 20.9. The van der Waals surface area contributed by atoms with Gasteiger partial charge in [0, 0.05) is 5.69 Å². The van der Waals surface area contributed by atoms with Crippen molar-refractivity contribution in [2.75, 3.05) is 11.9 Å². The molecule has 1 atom stereocenters. The van der Waals surface area contributed by atoms with Crippen LogP contribution < -0.4 is 10.0 Å². The van der Waals surface area contributed by atoms with E-state index in [4.69, 9.17) is 4.74 Å². The van der Waals surface area contributed by atoms with Gasteiger partial charge in [0.2, 0.25) is 10.0 Å². The first-order chi connectivity index (χ1) is 13.8. The molecule has 1 aliphatic carbocycles. The summed E-state index contributed by atoms with van der Waals surface area (Å²) in [6.07, 6.45) is 3.08. The number of ether oxygens (including phenoxy) is 1. The van der Waals surface area contributed by atoms with Crippen molar-refractivity contribution in [1.29, 1.82) is 0 Å². The minimum Gasteiger partial charge on any atom is -0.454 e. The summed E-state index contributed by atoms with van der Waals surface area (Å²) in [7, 11) is -4.25.